The van der Waals surface area contributed by atoms with Gasteiger partial charge in [0.25, 0.3) is 5.56 Å². The first-order valence-electron chi connectivity index (χ1n) is 9.27. The van der Waals surface area contributed by atoms with E-state index in [0.717, 1.165) is 25.1 Å². The molecule has 0 bridgehead atoms. The summed E-state index contributed by atoms with van der Waals surface area (Å²) >= 11 is 0. The summed E-state index contributed by atoms with van der Waals surface area (Å²) in [6, 6.07) is 8.29. The van der Waals surface area contributed by atoms with Gasteiger partial charge in [-0.1, -0.05) is 12.1 Å². The summed E-state index contributed by atoms with van der Waals surface area (Å²) in [5.41, 5.74) is 1.42. The maximum Gasteiger partial charge on any atom is 0.263 e. The minimum atomic E-state index is -0.250. The van der Waals surface area contributed by atoms with Crippen molar-refractivity contribution in [3.8, 4) is 5.75 Å². The molecule has 7 nitrogen and oxygen atoms in total. The van der Waals surface area contributed by atoms with Gasteiger partial charge < -0.3 is 9.64 Å². The molecule has 1 aromatic carbocycles. The van der Waals surface area contributed by atoms with E-state index in [0.29, 0.717) is 17.0 Å². The molecule has 27 heavy (non-hydrogen) atoms. The fraction of sp³-hybridized carbons (Fsp3) is 0.450. The third kappa shape index (κ3) is 3.07. The van der Waals surface area contributed by atoms with Gasteiger partial charge in [-0.15, -0.1) is 0 Å². The molecule has 1 unspecified atom stereocenters. The molecule has 1 saturated heterocycles. The number of nitrogens with zero attached hydrogens (tertiary/aromatic N) is 4. The number of benzene rings is 1. The summed E-state index contributed by atoms with van der Waals surface area (Å²) < 4.78 is 7.08. The highest BCUT2D eigenvalue weighted by atomic mass is 16.5. The van der Waals surface area contributed by atoms with Crippen molar-refractivity contribution < 1.29 is 4.74 Å². The highest BCUT2D eigenvalue weighted by molar-refractivity contribution is 5.75. The van der Waals surface area contributed by atoms with Gasteiger partial charge in [-0.25, -0.2) is 4.68 Å². The first-order valence-corrected chi connectivity index (χ1v) is 9.27. The molecule has 1 N–H and O–H groups in total. The summed E-state index contributed by atoms with van der Waals surface area (Å²) in [4.78, 5) is 22.6. The number of rotatable bonds is 3. The minimum absolute atomic E-state index is 0.147. The Morgan fingerprint density at radius 1 is 1.22 bits per heavy atom. The van der Waals surface area contributed by atoms with Crippen LogP contribution in [0, 0.1) is 0 Å². The molecule has 0 radical (unpaired) electrons. The molecule has 1 aliphatic heterocycles. The van der Waals surface area contributed by atoms with Crippen molar-refractivity contribution in [3.05, 3.63) is 46.4 Å². The zero-order valence-electron chi connectivity index (χ0n) is 16.2. The van der Waals surface area contributed by atoms with E-state index in [9.17, 15) is 4.79 Å². The molecular formula is C20H25N5O2. The van der Waals surface area contributed by atoms with Crippen LogP contribution in [0.25, 0.3) is 11.0 Å². The van der Waals surface area contributed by atoms with Crippen LogP contribution < -0.4 is 15.2 Å². The SMILES string of the molecule is COc1ccc(C2CCCN2c2nc3c(cnn3C(C)(C)C)c(=O)[nH]2)cc1. The Morgan fingerprint density at radius 2 is 1.96 bits per heavy atom. The maximum atomic E-state index is 12.6. The smallest absolute Gasteiger partial charge is 0.263 e. The van der Waals surface area contributed by atoms with Crippen LogP contribution in [0.5, 0.6) is 5.75 Å². The molecule has 1 fully saturated rings. The van der Waals surface area contributed by atoms with Crippen LogP contribution in [0.2, 0.25) is 0 Å². The monoisotopic (exact) mass is 367 g/mol. The predicted octanol–water partition coefficient (Wildman–Crippen LogP) is 3.22. The lowest BCUT2D eigenvalue weighted by molar-refractivity contribution is 0.366. The number of fused-ring (bicyclic) bond motifs is 1. The third-order valence-corrected chi connectivity index (χ3v) is 5.09. The fourth-order valence-corrected chi connectivity index (χ4v) is 3.73. The van der Waals surface area contributed by atoms with Gasteiger partial charge in [-0.2, -0.15) is 10.1 Å². The first kappa shape index (κ1) is 17.6. The molecule has 1 aliphatic rings. The molecular weight excluding hydrogens is 342 g/mol. The Bertz CT molecular complexity index is 1010. The third-order valence-electron chi connectivity index (χ3n) is 5.09. The van der Waals surface area contributed by atoms with E-state index in [-0.39, 0.29) is 17.1 Å². The molecule has 7 heteroatoms. The number of anilines is 1. The Morgan fingerprint density at radius 3 is 2.63 bits per heavy atom. The first-order chi connectivity index (χ1) is 12.9. The van der Waals surface area contributed by atoms with E-state index < -0.39 is 0 Å². The lowest BCUT2D eigenvalue weighted by Crippen LogP contribution is -2.28. The van der Waals surface area contributed by atoms with Crippen LogP contribution in [0.3, 0.4) is 0 Å². The van der Waals surface area contributed by atoms with Crippen LogP contribution in [0.4, 0.5) is 5.95 Å². The second kappa shape index (κ2) is 6.40. The van der Waals surface area contributed by atoms with Crippen molar-refractivity contribution in [2.75, 3.05) is 18.6 Å². The average Bonchev–Trinajstić information content (AvgIpc) is 3.28. The summed E-state index contributed by atoms with van der Waals surface area (Å²) in [6.45, 7) is 7.02. The highest BCUT2D eigenvalue weighted by Gasteiger charge is 2.29. The Kier molecular flexibility index (Phi) is 4.17. The van der Waals surface area contributed by atoms with Crippen LogP contribution in [0.1, 0.15) is 45.2 Å². The number of hydrogen-bond acceptors (Lipinski definition) is 5. The van der Waals surface area contributed by atoms with Crippen LogP contribution >= 0.6 is 0 Å². The van der Waals surface area contributed by atoms with Crippen molar-refractivity contribution in [1.82, 2.24) is 19.7 Å². The topological polar surface area (TPSA) is 76.0 Å². The standard InChI is InChI=1S/C20H25N5O2/c1-20(2,3)25-17-15(12-21-25)18(26)23-19(22-17)24-11-5-6-16(24)13-7-9-14(27-4)10-8-13/h7-10,12,16H,5-6,11H2,1-4H3,(H,22,23,26). The highest BCUT2D eigenvalue weighted by Crippen LogP contribution is 2.35. The van der Waals surface area contributed by atoms with Crippen molar-refractivity contribution in [2.45, 2.75) is 45.2 Å². The van der Waals surface area contributed by atoms with E-state index in [1.54, 1.807) is 13.3 Å². The summed E-state index contributed by atoms with van der Waals surface area (Å²) in [5.74, 6) is 1.45. The van der Waals surface area contributed by atoms with E-state index in [4.69, 9.17) is 9.72 Å². The maximum absolute atomic E-state index is 12.6. The van der Waals surface area contributed by atoms with Crippen molar-refractivity contribution in [2.24, 2.45) is 0 Å². The van der Waals surface area contributed by atoms with Gasteiger partial charge in [0, 0.05) is 6.54 Å². The van der Waals surface area contributed by atoms with Gasteiger partial charge in [0.2, 0.25) is 5.95 Å². The van der Waals surface area contributed by atoms with Crippen LogP contribution in [0.15, 0.2) is 35.3 Å². The molecule has 1 atom stereocenters. The Labute approximate surface area is 158 Å². The van der Waals surface area contributed by atoms with Crippen molar-refractivity contribution in [1.29, 1.82) is 0 Å². The molecule has 0 saturated carbocycles. The number of hydrogen-bond donors (Lipinski definition) is 1. The number of aromatic amines is 1. The normalized spacial score (nSPS) is 17.6. The second-order valence-electron chi connectivity index (χ2n) is 7.98. The predicted molar refractivity (Wildman–Crippen MR) is 105 cm³/mol. The lowest BCUT2D eigenvalue weighted by atomic mass is 10.0. The van der Waals surface area contributed by atoms with Crippen molar-refractivity contribution >= 4 is 17.0 Å². The number of ether oxygens (including phenoxy) is 1. The zero-order chi connectivity index (χ0) is 19.2. The van der Waals surface area contributed by atoms with Gasteiger partial charge in [0.05, 0.1) is 24.9 Å². The molecule has 2 aromatic heterocycles. The lowest BCUT2D eigenvalue weighted by Gasteiger charge is -2.26. The second-order valence-corrected chi connectivity index (χ2v) is 7.98. The largest absolute Gasteiger partial charge is 0.497 e. The van der Waals surface area contributed by atoms with Gasteiger partial charge in [-0.05, 0) is 51.3 Å². The van der Waals surface area contributed by atoms with Crippen molar-refractivity contribution in [3.63, 3.8) is 0 Å². The van der Waals surface area contributed by atoms with Crippen LogP contribution in [-0.2, 0) is 5.54 Å². The average molecular weight is 367 g/mol. The molecule has 0 aliphatic carbocycles. The molecule has 3 aromatic rings. The van der Waals surface area contributed by atoms with E-state index in [2.05, 4.69) is 47.9 Å². The summed E-state index contributed by atoms with van der Waals surface area (Å²) in [7, 11) is 1.67. The molecule has 0 spiro atoms. The summed E-state index contributed by atoms with van der Waals surface area (Å²) in [6.07, 6.45) is 3.67. The number of methoxy groups -OCH3 is 1. The number of H-pyrrole nitrogens is 1. The van der Waals surface area contributed by atoms with E-state index in [1.807, 2.05) is 16.8 Å². The Balaban J connectivity index is 1.77. The van der Waals surface area contributed by atoms with E-state index >= 15 is 0 Å². The van der Waals surface area contributed by atoms with Gasteiger partial charge >= 0.3 is 0 Å². The van der Waals surface area contributed by atoms with Gasteiger partial charge in [0.1, 0.15) is 11.1 Å². The summed E-state index contributed by atoms with van der Waals surface area (Å²) in [5, 5.41) is 4.92. The quantitative estimate of drug-likeness (QED) is 0.769. The molecule has 142 valence electrons. The Hall–Kier alpha value is -2.83. The molecule has 4 rings (SSSR count). The van der Waals surface area contributed by atoms with E-state index in [1.165, 1.54) is 5.56 Å². The zero-order valence-corrected chi connectivity index (χ0v) is 16.2. The van der Waals surface area contributed by atoms with Gasteiger partial charge in [0.15, 0.2) is 5.65 Å². The molecule has 3 heterocycles. The van der Waals surface area contributed by atoms with Gasteiger partial charge in [-0.3, -0.25) is 9.78 Å². The van der Waals surface area contributed by atoms with Crippen LogP contribution in [-0.4, -0.2) is 33.4 Å². The number of nitrogens with one attached hydrogen (secondary N) is 1. The molecule has 0 amide bonds. The fourth-order valence-electron chi connectivity index (χ4n) is 3.73. The number of aromatic nitrogens is 4. The minimum Gasteiger partial charge on any atom is -0.497 e.